The molecule has 0 aliphatic carbocycles. The average molecular weight is 307 g/mol. The van der Waals surface area contributed by atoms with Gasteiger partial charge in [-0.2, -0.15) is 0 Å². The Morgan fingerprint density at radius 3 is 2.86 bits per heavy atom. The number of nitrogens with zero attached hydrogens (tertiary/aromatic N) is 1. The van der Waals surface area contributed by atoms with Crippen molar-refractivity contribution in [2.24, 2.45) is 0 Å². The molecular formula is C16H25N3OS. The van der Waals surface area contributed by atoms with E-state index in [4.69, 9.17) is 0 Å². The van der Waals surface area contributed by atoms with Gasteiger partial charge in [-0.15, -0.1) is 11.3 Å². The van der Waals surface area contributed by atoms with E-state index in [1.807, 2.05) is 0 Å². The summed E-state index contributed by atoms with van der Waals surface area (Å²) in [5.74, 6) is 0.153. The van der Waals surface area contributed by atoms with Crippen LogP contribution < -0.4 is 10.6 Å². The van der Waals surface area contributed by atoms with E-state index in [0.717, 1.165) is 13.0 Å². The quantitative estimate of drug-likeness (QED) is 0.839. The van der Waals surface area contributed by atoms with Crippen molar-refractivity contribution >= 4 is 17.2 Å². The Labute approximate surface area is 130 Å². The van der Waals surface area contributed by atoms with Crippen molar-refractivity contribution in [2.45, 2.75) is 50.2 Å². The van der Waals surface area contributed by atoms with Gasteiger partial charge in [0.2, 0.25) is 5.91 Å². The van der Waals surface area contributed by atoms with Crippen molar-refractivity contribution in [3.05, 3.63) is 22.4 Å². The van der Waals surface area contributed by atoms with Crippen molar-refractivity contribution in [3.8, 4) is 0 Å². The molecular weight excluding hydrogens is 282 g/mol. The van der Waals surface area contributed by atoms with Gasteiger partial charge in [0.15, 0.2) is 0 Å². The highest BCUT2D eigenvalue weighted by molar-refractivity contribution is 7.09. The van der Waals surface area contributed by atoms with Crippen molar-refractivity contribution in [2.75, 3.05) is 20.1 Å². The highest BCUT2D eigenvalue weighted by atomic mass is 32.1. The van der Waals surface area contributed by atoms with Gasteiger partial charge in [-0.3, -0.25) is 9.69 Å². The normalized spacial score (nSPS) is 28.0. The maximum Gasteiger partial charge on any atom is 0.234 e. The molecule has 2 saturated heterocycles. The van der Waals surface area contributed by atoms with Gasteiger partial charge < -0.3 is 10.6 Å². The Kier molecular flexibility index (Phi) is 4.93. The number of likely N-dealkylation sites (N-methyl/N-ethyl adjacent to an activating group) is 1. The molecule has 3 rings (SSSR count). The molecule has 0 saturated carbocycles. The van der Waals surface area contributed by atoms with Crippen molar-refractivity contribution in [1.29, 1.82) is 0 Å². The molecule has 21 heavy (non-hydrogen) atoms. The third-order valence-corrected chi connectivity index (χ3v) is 5.67. The Morgan fingerprint density at radius 2 is 2.19 bits per heavy atom. The molecule has 3 heterocycles. The van der Waals surface area contributed by atoms with Crippen molar-refractivity contribution in [1.82, 2.24) is 15.5 Å². The van der Waals surface area contributed by atoms with Gasteiger partial charge >= 0.3 is 0 Å². The van der Waals surface area contributed by atoms with Crippen LogP contribution in [0.2, 0.25) is 0 Å². The fourth-order valence-electron chi connectivity index (χ4n) is 3.58. The van der Waals surface area contributed by atoms with E-state index in [-0.39, 0.29) is 5.91 Å². The van der Waals surface area contributed by atoms with Crippen LogP contribution in [0.25, 0.3) is 0 Å². The summed E-state index contributed by atoms with van der Waals surface area (Å²) in [6, 6.07) is 6.09. The Morgan fingerprint density at radius 1 is 1.43 bits per heavy atom. The Hall–Kier alpha value is -0.910. The highest BCUT2D eigenvalue weighted by Crippen LogP contribution is 2.29. The minimum Gasteiger partial charge on any atom is -0.355 e. The molecule has 1 amide bonds. The number of carbonyl (C=O) groups is 1. The molecule has 4 nitrogen and oxygen atoms in total. The first-order chi connectivity index (χ1) is 10.2. The number of carbonyl (C=O) groups excluding carboxylic acids is 1. The lowest BCUT2D eigenvalue weighted by Gasteiger charge is -2.35. The number of nitrogens with one attached hydrogen (secondary N) is 2. The average Bonchev–Trinajstić information content (AvgIpc) is 3.08. The van der Waals surface area contributed by atoms with Crippen molar-refractivity contribution in [3.63, 3.8) is 0 Å². The van der Waals surface area contributed by atoms with E-state index in [1.165, 1.54) is 30.6 Å². The first-order valence-corrected chi connectivity index (χ1v) is 8.84. The molecule has 2 bridgehead atoms. The molecule has 2 aliphatic heterocycles. The van der Waals surface area contributed by atoms with Crippen LogP contribution in [0.15, 0.2) is 17.5 Å². The number of hydrogen-bond donors (Lipinski definition) is 2. The summed E-state index contributed by atoms with van der Waals surface area (Å²) in [6.45, 7) is 1.26. The molecule has 2 N–H and O–H groups in total. The van der Waals surface area contributed by atoms with Crippen LogP contribution in [0.4, 0.5) is 0 Å². The molecule has 1 aromatic rings. The van der Waals surface area contributed by atoms with Gasteiger partial charge in [-0.25, -0.2) is 0 Å². The maximum atomic E-state index is 12.0. The largest absolute Gasteiger partial charge is 0.355 e. The van der Waals surface area contributed by atoms with E-state index >= 15 is 0 Å². The second-order valence-electron chi connectivity index (χ2n) is 6.36. The van der Waals surface area contributed by atoms with Gasteiger partial charge in [0, 0.05) is 29.5 Å². The van der Waals surface area contributed by atoms with Gasteiger partial charge in [-0.05, 0) is 50.6 Å². The first kappa shape index (κ1) is 15.0. The third-order valence-electron chi connectivity index (χ3n) is 4.74. The standard InChI is InChI=1S/C16H25N3OS/c1-19(14-9-12-4-5-13(10-14)18-12)11-16(20)17-7-6-15-3-2-8-21-15/h2-3,8,12-14,18H,4-7,9-11H2,1H3,(H,17,20). The lowest BCUT2D eigenvalue weighted by atomic mass is 9.98. The minimum atomic E-state index is 0.153. The zero-order valence-corrected chi connectivity index (χ0v) is 13.5. The van der Waals surface area contributed by atoms with E-state index in [9.17, 15) is 4.79 Å². The monoisotopic (exact) mass is 307 g/mol. The van der Waals surface area contributed by atoms with E-state index < -0.39 is 0 Å². The second kappa shape index (κ2) is 6.90. The zero-order chi connectivity index (χ0) is 14.7. The minimum absolute atomic E-state index is 0.153. The molecule has 0 spiro atoms. The lowest BCUT2D eigenvalue weighted by molar-refractivity contribution is -0.122. The Balaban J connectivity index is 1.38. The fourth-order valence-corrected chi connectivity index (χ4v) is 4.29. The molecule has 0 aromatic carbocycles. The molecule has 2 atom stereocenters. The van der Waals surface area contributed by atoms with Crippen LogP contribution in [0.1, 0.15) is 30.6 Å². The molecule has 5 heteroatoms. The van der Waals surface area contributed by atoms with Gasteiger partial charge in [0.05, 0.1) is 6.54 Å². The SMILES string of the molecule is CN(CC(=O)NCCc1cccs1)C1CC2CCC(C1)N2. The molecule has 2 unspecified atom stereocenters. The summed E-state index contributed by atoms with van der Waals surface area (Å²) in [4.78, 5) is 15.6. The van der Waals surface area contributed by atoms with Crippen LogP contribution in [0.3, 0.4) is 0 Å². The summed E-state index contributed by atoms with van der Waals surface area (Å²) in [5, 5.41) is 8.77. The van der Waals surface area contributed by atoms with Crippen LogP contribution >= 0.6 is 11.3 Å². The van der Waals surface area contributed by atoms with E-state index in [2.05, 4.69) is 40.1 Å². The number of hydrogen-bond acceptors (Lipinski definition) is 4. The third kappa shape index (κ3) is 4.05. The maximum absolute atomic E-state index is 12.0. The van der Waals surface area contributed by atoms with Crippen LogP contribution in [0.5, 0.6) is 0 Å². The highest BCUT2D eigenvalue weighted by Gasteiger charge is 2.35. The zero-order valence-electron chi connectivity index (χ0n) is 12.7. The first-order valence-electron chi connectivity index (χ1n) is 7.96. The van der Waals surface area contributed by atoms with Gasteiger partial charge in [-0.1, -0.05) is 6.07 Å². The summed E-state index contributed by atoms with van der Waals surface area (Å²) >= 11 is 1.75. The molecule has 116 valence electrons. The number of amides is 1. The summed E-state index contributed by atoms with van der Waals surface area (Å²) in [7, 11) is 2.09. The van der Waals surface area contributed by atoms with Crippen LogP contribution in [0, 0.1) is 0 Å². The van der Waals surface area contributed by atoms with E-state index in [0.29, 0.717) is 24.7 Å². The predicted molar refractivity (Wildman–Crippen MR) is 86.6 cm³/mol. The Bertz CT molecular complexity index is 450. The van der Waals surface area contributed by atoms with Gasteiger partial charge in [0.1, 0.15) is 0 Å². The molecule has 0 radical (unpaired) electrons. The number of fused-ring (bicyclic) bond motifs is 2. The summed E-state index contributed by atoms with van der Waals surface area (Å²) in [5.41, 5.74) is 0. The summed E-state index contributed by atoms with van der Waals surface area (Å²) in [6.07, 6.45) is 5.93. The second-order valence-corrected chi connectivity index (χ2v) is 7.39. The van der Waals surface area contributed by atoms with Crippen LogP contribution in [-0.4, -0.2) is 49.1 Å². The lowest BCUT2D eigenvalue weighted by Crippen LogP contribution is -2.49. The topological polar surface area (TPSA) is 44.4 Å². The number of rotatable bonds is 6. The molecule has 1 aromatic heterocycles. The van der Waals surface area contributed by atoms with Crippen molar-refractivity contribution < 1.29 is 4.79 Å². The fraction of sp³-hybridized carbons (Fsp3) is 0.688. The summed E-state index contributed by atoms with van der Waals surface area (Å²) < 4.78 is 0. The molecule has 2 aliphatic rings. The van der Waals surface area contributed by atoms with Gasteiger partial charge in [0.25, 0.3) is 0 Å². The predicted octanol–water partition coefficient (Wildman–Crippen LogP) is 1.62. The van der Waals surface area contributed by atoms with E-state index in [1.54, 1.807) is 11.3 Å². The van der Waals surface area contributed by atoms with Crippen LogP contribution in [-0.2, 0) is 11.2 Å². The number of thiophene rings is 1. The smallest absolute Gasteiger partial charge is 0.234 e. The number of piperidine rings is 1. The molecule has 2 fully saturated rings.